The van der Waals surface area contributed by atoms with E-state index in [2.05, 4.69) is 9.97 Å². The summed E-state index contributed by atoms with van der Waals surface area (Å²) in [5.41, 5.74) is 11.7. The number of nitrogens with zero attached hydrogens (tertiary/aromatic N) is 3. The number of aromatic nitrogens is 2. The Kier molecular flexibility index (Phi) is 6.11. The molecule has 1 aromatic heterocycles. The summed E-state index contributed by atoms with van der Waals surface area (Å²) in [6.45, 7) is 0.476. The van der Waals surface area contributed by atoms with Crippen LogP contribution in [0, 0.1) is 0 Å². The van der Waals surface area contributed by atoms with Crippen molar-refractivity contribution in [2.75, 3.05) is 19.8 Å². The zero-order valence-electron chi connectivity index (χ0n) is 16.8. The molecule has 2 aromatic carbocycles. The minimum absolute atomic E-state index is 0.0108. The highest BCUT2D eigenvalue weighted by Crippen LogP contribution is 2.33. The summed E-state index contributed by atoms with van der Waals surface area (Å²) in [5.74, 6) is 0.269. The zero-order valence-corrected chi connectivity index (χ0v) is 16.8. The summed E-state index contributed by atoms with van der Waals surface area (Å²) in [5, 5.41) is 0. The van der Waals surface area contributed by atoms with Crippen molar-refractivity contribution in [2.24, 2.45) is 5.73 Å². The van der Waals surface area contributed by atoms with E-state index in [0.717, 1.165) is 17.7 Å². The van der Waals surface area contributed by atoms with Crippen LogP contribution in [-0.4, -0.2) is 34.9 Å². The van der Waals surface area contributed by atoms with Crippen LogP contribution in [0.25, 0.3) is 11.4 Å². The van der Waals surface area contributed by atoms with Crippen molar-refractivity contribution in [3.8, 4) is 22.9 Å². The molecule has 3 rings (SSSR count). The average Bonchev–Trinajstić information content (AvgIpc) is 2.67. The van der Waals surface area contributed by atoms with Crippen LogP contribution in [0.15, 0.2) is 48.5 Å². The second kappa shape index (κ2) is 8.60. The summed E-state index contributed by atoms with van der Waals surface area (Å²) in [6, 6.07) is 10.8. The minimum Gasteiger partial charge on any atom is -0.457 e. The van der Waals surface area contributed by atoms with Crippen molar-refractivity contribution in [3.63, 3.8) is 0 Å². The van der Waals surface area contributed by atoms with Gasteiger partial charge in [-0.2, -0.15) is 13.2 Å². The van der Waals surface area contributed by atoms with E-state index in [9.17, 15) is 18.0 Å². The molecule has 4 N–H and O–H groups in total. The molecule has 0 aliphatic carbocycles. The van der Waals surface area contributed by atoms with Crippen molar-refractivity contribution in [3.05, 3.63) is 65.4 Å². The number of benzene rings is 2. The number of amides is 1. The number of anilines is 1. The maximum atomic E-state index is 12.7. The standard InChI is InChI=1S/C21H20F3N5O2/c1-29(2)11-12-9-15(31-14-5-3-13(4-6-14)21(22,23)24)7-8-16(12)20-27-17(19(26)30)10-18(25)28-20/h3-10H,11H2,1-2H3,(H2,26,30)(H2,25,27,28). The van der Waals surface area contributed by atoms with Crippen LogP contribution in [0.1, 0.15) is 21.6 Å². The van der Waals surface area contributed by atoms with Gasteiger partial charge in [-0.25, -0.2) is 9.97 Å². The van der Waals surface area contributed by atoms with Gasteiger partial charge >= 0.3 is 6.18 Å². The molecule has 0 radical (unpaired) electrons. The summed E-state index contributed by atoms with van der Waals surface area (Å²) in [7, 11) is 3.73. The second-order valence-corrected chi connectivity index (χ2v) is 7.05. The lowest BCUT2D eigenvalue weighted by molar-refractivity contribution is -0.137. The third-order valence-electron chi connectivity index (χ3n) is 4.22. The van der Waals surface area contributed by atoms with Gasteiger partial charge in [-0.05, 0) is 62.1 Å². The van der Waals surface area contributed by atoms with E-state index in [1.54, 1.807) is 18.2 Å². The van der Waals surface area contributed by atoms with Crippen molar-refractivity contribution >= 4 is 11.7 Å². The van der Waals surface area contributed by atoms with Crippen molar-refractivity contribution in [1.29, 1.82) is 0 Å². The average molecular weight is 431 g/mol. The fourth-order valence-corrected chi connectivity index (χ4v) is 2.88. The zero-order chi connectivity index (χ0) is 22.8. The number of carbonyl (C=O) groups is 1. The number of rotatable bonds is 6. The highest BCUT2D eigenvalue weighted by molar-refractivity contribution is 5.92. The van der Waals surface area contributed by atoms with Gasteiger partial charge in [0.2, 0.25) is 0 Å². The maximum absolute atomic E-state index is 12.7. The first-order chi connectivity index (χ1) is 14.5. The fraction of sp³-hybridized carbons (Fsp3) is 0.190. The third kappa shape index (κ3) is 5.48. The number of primary amides is 1. The molecule has 10 heteroatoms. The lowest BCUT2D eigenvalue weighted by atomic mass is 10.1. The molecule has 0 bridgehead atoms. The first-order valence-corrected chi connectivity index (χ1v) is 9.10. The molecule has 1 heterocycles. The Bertz CT molecular complexity index is 1100. The van der Waals surface area contributed by atoms with Crippen molar-refractivity contribution < 1.29 is 22.7 Å². The summed E-state index contributed by atoms with van der Waals surface area (Å²) in [6.07, 6.45) is -4.42. The van der Waals surface area contributed by atoms with Gasteiger partial charge in [0.1, 0.15) is 23.0 Å². The van der Waals surface area contributed by atoms with Gasteiger partial charge in [-0.15, -0.1) is 0 Å². The molecule has 162 valence electrons. The summed E-state index contributed by atoms with van der Waals surface area (Å²) in [4.78, 5) is 21.8. The van der Waals surface area contributed by atoms with Gasteiger partial charge in [-0.1, -0.05) is 0 Å². The van der Waals surface area contributed by atoms with E-state index >= 15 is 0 Å². The molecule has 3 aromatic rings. The van der Waals surface area contributed by atoms with Crippen molar-refractivity contribution in [2.45, 2.75) is 12.7 Å². The quantitative estimate of drug-likeness (QED) is 0.616. The van der Waals surface area contributed by atoms with Crippen LogP contribution in [0.2, 0.25) is 0 Å². The topological polar surface area (TPSA) is 107 Å². The first kappa shape index (κ1) is 22.0. The molecule has 0 saturated heterocycles. The Labute approximate surface area is 176 Å². The molecule has 0 aliphatic heterocycles. The molecule has 0 atom stereocenters. The normalized spacial score (nSPS) is 11.5. The molecule has 1 amide bonds. The number of carbonyl (C=O) groups excluding carboxylic acids is 1. The van der Waals surface area contributed by atoms with Crippen LogP contribution < -0.4 is 16.2 Å². The Balaban J connectivity index is 1.96. The van der Waals surface area contributed by atoms with E-state index < -0.39 is 17.6 Å². The van der Waals surface area contributed by atoms with Crippen LogP contribution in [0.4, 0.5) is 19.0 Å². The number of hydrogen-bond acceptors (Lipinski definition) is 6. The molecular weight excluding hydrogens is 411 g/mol. The van der Waals surface area contributed by atoms with Crippen LogP contribution >= 0.6 is 0 Å². The molecule has 0 fully saturated rings. The number of halogens is 3. The van der Waals surface area contributed by atoms with Gasteiger partial charge in [0.15, 0.2) is 5.82 Å². The minimum atomic E-state index is -4.42. The SMILES string of the molecule is CN(C)Cc1cc(Oc2ccc(C(F)(F)F)cc2)ccc1-c1nc(N)cc(C(N)=O)n1. The van der Waals surface area contributed by atoms with Crippen LogP contribution in [0.3, 0.4) is 0 Å². The smallest absolute Gasteiger partial charge is 0.416 e. The van der Waals surface area contributed by atoms with Crippen LogP contribution in [0.5, 0.6) is 11.5 Å². The fourth-order valence-electron chi connectivity index (χ4n) is 2.88. The highest BCUT2D eigenvalue weighted by atomic mass is 19.4. The monoisotopic (exact) mass is 431 g/mol. The number of ether oxygens (including phenoxy) is 1. The molecule has 0 aliphatic rings. The van der Waals surface area contributed by atoms with Gasteiger partial charge in [-0.3, -0.25) is 4.79 Å². The molecule has 0 spiro atoms. The molecular formula is C21H20F3N5O2. The number of hydrogen-bond donors (Lipinski definition) is 2. The van der Waals surface area contributed by atoms with Gasteiger partial charge in [0, 0.05) is 18.2 Å². The summed E-state index contributed by atoms with van der Waals surface area (Å²) < 4.78 is 43.9. The Morgan fingerprint density at radius 1 is 1.03 bits per heavy atom. The molecule has 0 saturated carbocycles. The van der Waals surface area contributed by atoms with E-state index in [1.807, 2.05) is 19.0 Å². The first-order valence-electron chi connectivity index (χ1n) is 9.10. The number of nitrogen functional groups attached to an aromatic ring is 1. The van der Waals surface area contributed by atoms with Gasteiger partial charge in [0.05, 0.1) is 5.56 Å². The Morgan fingerprint density at radius 3 is 2.26 bits per heavy atom. The Hall–Kier alpha value is -3.66. The maximum Gasteiger partial charge on any atom is 0.416 e. The van der Waals surface area contributed by atoms with Crippen molar-refractivity contribution in [1.82, 2.24) is 14.9 Å². The Morgan fingerprint density at radius 2 is 1.68 bits per heavy atom. The van der Waals surface area contributed by atoms with E-state index in [4.69, 9.17) is 16.2 Å². The number of nitrogens with two attached hydrogens (primary N) is 2. The molecule has 31 heavy (non-hydrogen) atoms. The second-order valence-electron chi connectivity index (χ2n) is 7.05. The molecule has 7 nitrogen and oxygen atoms in total. The largest absolute Gasteiger partial charge is 0.457 e. The third-order valence-corrected chi connectivity index (χ3v) is 4.22. The van der Waals surface area contributed by atoms with E-state index in [0.29, 0.717) is 17.9 Å². The van der Waals surface area contributed by atoms with E-state index in [-0.39, 0.29) is 23.1 Å². The summed E-state index contributed by atoms with van der Waals surface area (Å²) >= 11 is 0. The predicted molar refractivity (Wildman–Crippen MR) is 109 cm³/mol. The lowest BCUT2D eigenvalue weighted by Gasteiger charge is -2.16. The van der Waals surface area contributed by atoms with Gasteiger partial charge < -0.3 is 21.1 Å². The predicted octanol–water partition coefficient (Wildman–Crippen LogP) is 3.70. The van der Waals surface area contributed by atoms with E-state index in [1.165, 1.54) is 18.2 Å². The van der Waals surface area contributed by atoms with Crippen LogP contribution in [-0.2, 0) is 12.7 Å². The van der Waals surface area contributed by atoms with Gasteiger partial charge in [0.25, 0.3) is 5.91 Å². The highest BCUT2D eigenvalue weighted by Gasteiger charge is 2.30. The molecule has 0 unspecified atom stereocenters. The number of alkyl halides is 3. The lowest BCUT2D eigenvalue weighted by Crippen LogP contribution is -2.16.